The second-order valence-electron chi connectivity index (χ2n) is 29.8. The van der Waals surface area contributed by atoms with Crippen LogP contribution in [0.15, 0.2) is 66.9 Å². The smallest absolute Gasteiger partial charge is 0.410 e. The summed E-state index contributed by atoms with van der Waals surface area (Å²) < 4.78 is 95.7. The Balaban J connectivity index is 0.000000195. The quantitative estimate of drug-likeness (QED) is 0.0358. The molecule has 4 aliphatic carbocycles. The zero-order valence-corrected chi connectivity index (χ0v) is 64.5. The Morgan fingerprint density at radius 2 is 1.13 bits per heavy atom. The Morgan fingerprint density at radius 1 is 0.679 bits per heavy atom. The molecule has 0 bridgehead atoms. The van der Waals surface area contributed by atoms with Gasteiger partial charge in [0.25, 0.3) is 11.8 Å². The molecular formula is C72H93BrF2N12O15S4. The molecule has 4 saturated carbocycles. The van der Waals surface area contributed by atoms with Gasteiger partial charge in [-0.05, 0) is 124 Å². The first-order chi connectivity index (χ1) is 50.4. The number of rotatable bonds is 14. The van der Waals surface area contributed by atoms with Crippen LogP contribution >= 0.6 is 39.5 Å². The molecule has 3 aromatic rings. The van der Waals surface area contributed by atoms with Gasteiger partial charge in [-0.1, -0.05) is 118 Å². The van der Waals surface area contributed by atoms with E-state index in [1.165, 1.54) is 43.1 Å². The number of ether oxygens (including phenoxy) is 2. The van der Waals surface area contributed by atoms with Crippen LogP contribution in [-0.4, -0.2) is 176 Å². The number of amides is 8. The summed E-state index contributed by atoms with van der Waals surface area (Å²) in [6.07, 6.45) is 16.2. The lowest BCUT2D eigenvalue weighted by molar-refractivity contribution is -0.141. The van der Waals surface area contributed by atoms with Crippen LogP contribution in [-0.2, 0) is 89.3 Å². The van der Waals surface area contributed by atoms with Crippen molar-refractivity contribution in [1.29, 1.82) is 0 Å². The summed E-state index contributed by atoms with van der Waals surface area (Å²) in [5.41, 5.74) is 4.92. The molecule has 10 aliphatic rings. The van der Waals surface area contributed by atoms with Crippen LogP contribution in [0.5, 0.6) is 0 Å². The number of nitrogens with zero attached hydrogens (tertiary/aromatic N) is 5. The van der Waals surface area contributed by atoms with Crippen molar-refractivity contribution in [3.63, 3.8) is 0 Å². The maximum absolute atomic E-state index is 14.5. The van der Waals surface area contributed by atoms with Crippen LogP contribution in [0.25, 0.3) is 0 Å². The number of hydrogen-bond donors (Lipinski definition) is 7. The van der Waals surface area contributed by atoms with Crippen LogP contribution in [0.2, 0.25) is 0 Å². The predicted octanol–water partition coefficient (Wildman–Crippen LogP) is 7.37. The van der Waals surface area contributed by atoms with Gasteiger partial charge in [0.1, 0.15) is 65.4 Å². The van der Waals surface area contributed by atoms with E-state index in [1.54, 1.807) is 30.5 Å². The highest BCUT2D eigenvalue weighted by atomic mass is 79.9. The Kier molecular flexibility index (Phi) is 25.0. The number of anilines is 1. The highest BCUT2D eigenvalue weighted by molar-refractivity contribution is 9.10. The number of alkyl halides is 1. The maximum Gasteiger partial charge on any atom is 0.410 e. The molecule has 8 amide bonds. The third-order valence-electron chi connectivity index (χ3n) is 21.1. The van der Waals surface area contributed by atoms with Crippen LogP contribution in [0.3, 0.4) is 0 Å². The van der Waals surface area contributed by atoms with E-state index < -0.39 is 143 Å². The largest absolute Gasteiger partial charge is 0.444 e. The van der Waals surface area contributed by atoms with Gasteiger partial charge in [0.15, 0.2) is 10.2 Å². The molecule has 2 saturated heterocycles. The summed E-state index contributed by atoms with van der Waals surface area (Å²) in [5, 5.41) is 11.0. The van der Waals surface area contributed by atoms with Gasteiger partial charge in [-0.3, -0.25) is 48.0 Å². The fourth-order valence-electron chi connectivity index (χ4n) is 14.2. The average molecular weight is 1610 g/mol. The monoisotopic (exact) mass is 1610 g/mol. The van der Waals surface area contributed by atoms with Crippen LogP contribution in [0, 0.1) is 29.4 Å². The third kappa shape index (κ3) is 18.9. The van der Waals surface area contributed by atoms with Crippen LogP contribution in [0.1, 0.15) is 176 Å². The minimum Gasteiger partial charge on any atom is -0.444 e. The van der Waals surface area contributed by atoms with Crippen molar-refractivity contribution >= 4 is 124 Å². The third-order valence-corrected chi connectivity index (χ3v) is 27.3. The lowest BCUT2D eigenvalue weighted by Crippen LogP contribution is -2.58. The van der Waals surface area contributed by atoms with Gasteiger partial charge in [-0.15, -0.1) is 11.3 Å². The Morgan fingerprint density at radius 3 is 1.53 bits per heavy atom. The van der Waals surface area contributed by atoms with Crippen LogP contribution < -0.4 is 36.4 Å². The van der Waals surface area contributed by atoms with Crippen molar-refractivity contribution in [2.75, 3.05) is 18.4 Å². The standard InChI is InChI=1S/C36H45FN6O7S2.C31H39FN6O7S2.C5H9BrO/c1-21(2)30-17-38-34(51-30)39-28-12-7-5-3-4-6-10-23-16-36(23,33(46)41-52(48,49)25-13-14-25)40-31(44)29-15-24(19-43(29)32(28)45)50-35(47)42-18-22-9-8-11-27(37)26(22)20-42;32-23-9-6-7-18-15-37(17-22(18)23)30(42)45-20-13-25-26(39)35-31(28(41)36-47(43,44)21-11-12-21)14-19(31)8-4-2-1-3-5-10-24(34-29(33)46)27(40)38(25)16-20;1-4(2)5(6)3-7/h6,8-11,17,21,23-25,28-29H,3-5,7,12-16,18-20H2,1-2H3,(H,38,39)(H,40,44)(H,41,46);4,6-9,19-21,24-25H,1-3,5,10-17H2,(H,35,39)(H,36,41)(H3,33,34,46);3-5H,1-2H3/b10-6-;8-4-;/t23-,24-,28+,29+,36-;19-,20-,24+,25+,31-;/m11./s1. The fourth-order valence-corrected chi connectivity index (χ4v) is 18.0. The number of allylic oxidation sites excluding steroid dienone is 2. The number of thiocarbonyl (C=S) groups is 1. The number of fused-ring (bicyclic) bond motifs is 6. The number of nitrogens with one attached hydrogen (secondary N) is 6. The number of benzene rings is 2. The molecule has 1 unspecified atom stereocenters. The van der Waals surface area contributed by atoms with E-state index in [0.29, 0.717) is 84.7 Å². The van der Waals surface area contributed by atoms with Crippen molar-refractivity contribution in [3.05, 3.63) is 106 Å². The van der Waals surface area contributed by atoms with Crippen molar-refractivity contribution in [2.24, 2.45) is 23.5 Å². The normalized spacial score (nSPS) is 28.3. The average Bonchev–Trinajstić information content (AvgIpc) is 1.58. The molecule has 27 nitrogen and oxygen atoms in total. The number of aldehydes is 1. The molecule has 13 rings (SSSR count). The first kappa shape index (κ1) is 79.4. The van der Waals surface area contributed by atoms with E-state index in [9.17, 15) is 68.8 Å². The van der Waals surface area contributed by atoms with Crippen molar-refractivity contribution in [1.82, 2.24) is 50.0 Å². The lowest BCUT2D eigenvalue weighted by Gasteiger charge is -2.30. The molecule has 7 heterocycles. The topological polar surface area (TPSA) is 364 Å². The SMILES string of the molecule is CC(C)C(Br)C=O.CC(C)c1cnc(N[C@H]2CCCCC/C=C\[C@@H]3C[C@@]3(C(=O)NS(=O)(=O)C3CC3)NC(=O)[C@@H]3C[C@@H](OC(=O)N4Cc5cccc(F)c5C4)CN3C2=O)s1.NC(=S)N[C@H]1CCCCC/C=C\[C@@H]2C[C@@]2(C(=O)NS(=O)(=O)C2CC2)NC(=O)[C@@H]2C[C@@H](OC(=O)N3Cc4cccc(F)c4C3)CN2C1=O. The van der Waals surface area contributed by atoms with E-state index in [-0.39, 0.29) is 86.7 Å². The summed E-state index contributed by atoms with van der Waals surface area (Å²) >= 11 is 9.67. The summed E-state index contributed by atoms with van der Waals surface area (Å²) in [6, 6.07) is 5.47. The molecule has 6 fully saturated rings. The number of hydrogen-bond acceptors (Lipinski definition) is 19. The molecular weight excluding hydrogens is 1520 g/mol. The van der Waals surface area contributed by atoms with Crippen LogP contribution in [0.4, 0.5) is 23.5 Å². The number of nitrogens with two attached hydrogens (primary N) is 1. The molecule has 0 spiro atoms. The van der Waals surface area contributed by atoms with Crippen molar-refractivity contribution in [3.8, 4) is 0 Å². The van der Waals surface area contributed by atoms with Gasteiger partial charge >= 0.3 is 12.2 Å². The Labute approximate surface area is 633 Å². The summed E-state index contributed by atoms with van der Waals surface area (Å²) in [5.74, 6) is -4.79. The Bertz CT molecular complexity index is 4180. The Hall–Kier alpha value is -7.69. The summed E-state index contributed by atoms with van der Waals surface area (Å²) in [4.78, 5) is 131. The molecule has 6 aliphatic heterocycles. The fraction of sp³-hybridized carbons (Fsp3) is 0.597. The summed E-state index contributed by atoms with van der Waals surface area (Å²) in [7, 11) is -7.77. The van der Waals surface area contributed by atoms with Gasteiger partial charge in [0.05, 0.1) is 41.5 Å². The van der Waals surface area contributed by atoms with E-state index in [1.807, 2.05) is 38.2 Å². The van der Waals surface area contributed by atoms with E-state index >= 15 is 0 Å². The van der Waals surface area contributed by atoms with Crippen molar-refractivity contribution in [2.45, 2.75) is 238 Å². The minimum absolute atomic E-state index is 0.0242. The van der Waals surface area contributed by atoms with E-state index in [2.05, 4.69) is 65.5 Å². The highest BCUT2D eigenvalue weighted by Crippen LogP contribution is 2.48. The van der Waals surface area contributed by atoms with Gasteiger partial charge in [0.2, 0.25) is 43.7 Å². The van der Waals surface area contributed by atoms with Crippen molar-refractivity contribution < 1.29 is 78.2 Å². The molecule has 34 heteroatoms. The second-order valence-corrected chi connectivity index (χ2v) is 36.3. The molecule has 106 heavy (non-hydrogen) atoms. The number of sulfonamides is 2. The molecule has 2 aromatic carbocycles. The second kappa shape index (κ2) is 33.4. The van der Waals surface area contributed by atoms with Gasteiger partial charge in [-0.2, -0.15) is 0 Å². The predicted molar refractivity (Wildman–Crippen MR) is 396 cm³/mol. The molecule has 11 atom stereocenters. The maximum atomic E-state index is 14.5. The lowest BCUT2D eigenvalue weighted by atomic mass is 10.1. The number of carbonyl (C=O) groups is 9. The molecule has 1 aromatic heterocycles. The van der Waals surface area contributed by atoms with Gasteiger partial charge in [0, 0.05) is 60.0 Å². The first-order valence-corrected chi connectivity index (χ1v) is 41.7. The zero-order valence-electron chi connectivity index (χ0n) is 59.6. The van der Waals surface area contributed by atoms with E-state index in [4.69, 9.17) is 27.4 Å². The molecule has 576 valence electrons. The highest BCUT2D eigenvalue weighted by Gasteiger charge is 2.64. The number of carbonyl (C=O) groups excluding carboxylic acids is 9. The molecule has 0 radical (unpaired) electrons. The number of thiazole rings is 1. The number of halogens is 3. The summed E-state index contributed by atoms with van der Waals surface area (Å²) in [6.45, 7) is 8.29. The first-order valence-electron chi connectivity index (χ1n) is 36.4. The van der Waals surface area contributed by atoms with Gasteiger partial charge in [-0.25, -0.2) is 40.2 Å². The number of aromatic nitrogens is 1. The van der Waals surface area contributed by atoms with Gasteiger partial charge < -0.3 is 51.1 Å². The minimum atomic E-state index is -3.89. The zero-order chi connectivity index (χ0) is 76.2. The molecule has 8 N–H and O–H groups in total. The van der Waals surface area contributed by atoms with E-state index in [0.717, 1.165) is 49.7 Å².